The lowest BCUT2D eigenvalue weighted by atomic mass is 10.2. The Hall–Kier alpha value is -1.63. The van der Waals surface area contributed by atoms with Gasteiger partial charge in [0.25, 0.3) is 0 Å². The van der Waals surface area contributed by atoms with Crippen LogP contribution in [-0.4, -0.2) is 22.0 Å². The molecule has 0 spiro atoms. The van der Waals surface area contributed by atoms with Gasteiger partial charge in [0.05, 0.1) is 9.40 Å². The number of hydrogen-bond donors (Lipinski definition) is 2. The average molecular weight is 289 g/mol. The van der Waals surface area contributed by atoms with Crippen molar-refractivity contribution in [3.63, 3.8) is 0 Å². The van der Waals surface area contributed by atoms with E-state index in [-0.39, 0.29) is 11.4 Å². The molecule has 0 bridgehead atoms. The standard InChI is InChI=1S/C9H9BrN2O4/c1-5(9(13)14)11-7-4-2-3-6(10)8(7)12(15)16/h2-5,11H,1H3,(H,13,14). The SMILES string of the molecule is CC(Nc1cccc(Br)c1[N+](=O)[O-])C(=O)O. The zero-order chi connectivity index (χ0) is 12.3. The van der Waals surface area contributed by atoms with E-state index < -0.39 is 16.9 Å². The van der Waals surface area contributed by atoms with Crippen LogP contribution in [0.3, 0.4) is 0 Å². The largest absolute Gasteiger partial charge is 0.480 e. The summed E-state index contributed by atoms with van der Waals surface area (Å²) in [4.78, 5) is 20.8. The highest BCUT2D eigenvalue weighted by atomic mass is 79.9. The lowest BCUT2D eigenvalue weighted by Gasteiger charge is -2.11. The van der Waals surface area contributed by atoms with E-state index >= 15 is 0 Å². The molecular formula is C9H9BrN2O4. The third-order valence-corrected chi connectivity index (χ3v) is 2.55. The smallest absolute Gasteiger partial charge is 0.325 e. The number of nitro benzene ring substituents is 1. The zero-order valence-corrected chi connectivity index (χ0v) is 9.89. The van der Waals surface area contributed by atoms with Crippen LogP contribution in [0.2, 0.25) is 0 Å². The van der Waals surface area contributed by atoms with Crippen LogP contribution in [-0.2, 0) is 4.79 Å². The van der Waals surface area contributed by atoms with E-state index in [9.17, 15) is 14.9 Å². The number of nitrogens with one attached hydrogen (secondary N) is 1. The average Bonchev–Trinajstić information content (AvgIpc) is 2.16. The summed E-state index contributed by atoms with van der Waals surface area (Å²) in [6.07, 6.45) is 0. The number of nitrogens with zero attached hydrogens (tertiary/aromatic N) is 1. The molecule has 0 amide bonds. The molecule has 1 atom stereocenters. The summed E-state index contributed by atoms with van der Waals surface area (Å²) in [5.41, 5.74) is 0.00451. The topological polar surface area (TPSA) is 92.5 Å². The Bertz CT molecular complexity index is 436. The second-order valence-corrected chi connectivity index (χ2v) is 3.95. The van der Waals surface area contributed by atoms with E-state index in [4.69, 9.17) is 5.11 Å². The Morgan fingerprint density at radius 3 is 2.75 bits per heavy atom. The molecule has 0 aliphatic carbocycles. The molecule has 2 N–H and O–H groups in total. The molecule has 1 rings (SSSR count). The molecule has 1 aromatic rings. The molecule has 86 valence electrons. The van der Waals surface area contributed by atoms with Gasteiger partial charge in [-0.3, -0.25) is 14.9 Å². The van der Waals surface area contributed by atoms with Crippen LogP contribution in [0.15, 0.2) is 22.7 Å². The molecule has 1 unspecified atom stereocenters. The van der Waals surface area contributed by atoms with Crippen LogP contribution >= 0.6 is 15.9 Å². The minimum atomic E-state index is -1.07. The summed E-state index contributed by atoms with van der Waals surface area (Å²) in [6.45, 7) is 1.41. The Balaban J connectivity index is 3.09. The minimum Gasteiger partial charge on any atom is -0.480 e. The van der Waals surface area contributed by atoms with Crippen molar-refractivity contribution in [2.45, 2.75) is 13.0 Å². The first-order valence-corrected chi connectivity index (χ1v) is 5.15. The number of carbonyl (C=O) groups is 1. The Kier molecular flexibility index (Phi) is 3.83. The third kappa shape index (κ3) is 2.69. The van der Waals surface area contributed by atoms with E-state index in [0.29, 0.717) is 4.47 Å². The fourth-order valence-corrected chi connectivity index (χ4v) is 1.62. The van der Waals surface area contributed by atoms with Gasteiger partial charge >= 0.3 is 11.7 Å². The van der Waals surface area contributed by atoms with Crippen LogP contribution in [0.5, 0.6) is 0 Å². The summed E-state index contributed by atoms with van der Waals surface area (Å²) in [5.74, 6) is -1.07. The van der Waals surface area contributed by atoms with E-state index in [0.717, 1.165) is 0 Å². The van der Waals surface area contributed by atoms with Gasteiger partial charge in [-0.1, -0.05) is 6.07 Å². The number of anilines is 1. The molecule has 16 heavy (non-hydrogen) atoms. The molecule has 0 aromatic heterocycles. The number of benzene rings is 1. The summed E-state index contributed by atoms with van der Waals surface area (Å²) < 4.78 is 0.306. The van der Waals surface area contributed by atoms with Gasteiger partial charge in [-0.2, -0.15) is 0 Å². The fourth-order valence-electron chi connectivity index (χ4n) is 1.11. The lowest BCUT2D eigenvalue weighted by Crippen LogP contribution is -2.25. The number of hydrogen-bond acceptors (Lipinski definition) is 4. The molecule has 0 saturated heterocycles. The van der Waals surface area contributed by atoms with Crippen molar-refractivity contribution in [1.29, 1.82) is 0 Å². The number of aliphatic carboxylic acids is 1. The zero-order valence-electron chi connectivity index (χ0n) is 8.31. The Morgan fingerprint density at radius 2 is 2.25 bits per heavy atom. The minimum absolute atomic E-state index is 0.171. The predicted octanol–water partition coefficient (Wildman–Crippen LogP) is 2.24. The quantitative estimate of drug-likeness (QED) is 0.655. The van der Waals surface area contributed by atoms with Crippen LogP contribution in [0, 0.1) is 10.1 Å². The lowest BCUT2D eigenvalue weighted by molar-refractivity contribution is -0.384. The highest BCUT2D eigenvalue weighted by Gasteiger charge is 2.21. The highest BCUT2D eigenvalue weighted by molar-refractivity contribution is 9.10. The summed E-state index contributed by atoms with van der Waals surface area (Å²) >= 11 is 3.05. The van der Waals surface area contributed by atoms with Crippen LogP contribution < -0.4 is 5.32 Å². The maximum atomic E-state index is 10.8. The maximum absolute atomic E-state index is 10.8. The second kappa shape index (κ2) is 4.93. The third-order valence-electron chi connectivity index (χ3n) is 1.91. The van der Waals surface area contributed by atoms with E-state index in [1.807, 2.05) is 0 Å². The van der Waals surface area contributed by atoms with Crippen molar-refractivity contribution in [2.75, 3.05) is 5.32 Å². The van der Waals surface area contributed by atoms with Gasteiger partial charge < -0.3 is 10.4 Å². The molecule has 0 fully saturated rings. The number of para-hydroxylation sites is 1. The molecule has 0 aliphatic heterocycles. The van der Waals surface area contributed by atoms with E-state index in [1.165, 1.54) is 19.1 Å². The number of nitro groups is 1. The van der Waals surface area contributed by atoms with E-state index in [1.54, 1.807) is 6.07 Å². The van der Waals surface area contributed by atoms with Gasteiger partial charge in [-0.25, -0.2) is 0 Å². The van der Waals surface area contributed by atoms with Crippen LogP contribution in [0.1, 0.15) is 6.92 Å². The molecule has 6 nitrogen and oxygen atoms in total. The molecule has 0 radical (unpaired) electrons. The van der Waals surface area contributed by atoms with Gasteiger partial charge in [-0.15, -0.1) is 0 Å². The molecule has 0 saturated carbocycles. The second-order valence-electron chi connectivity index (χ2n) is 3.10. The summed E-state index contributed by atoms with van der Waals surface area (Å²) in [5, 5.41) is 22.0. The van der Waals surface area contributed by atoms with E-state index in [2.05, 4.69) is 21.2 Å². The van der Waals surface area contributed by atoms with Gasteiger partial charge in [-0.05, 0) is 35.0 Å². The van der Waals surface area contributed by atoms with Crippen molar-refractivity contribution in [2.24, 2.45) is 0 Å². The van der Waals surface area contributed by atoms with Crippen molar-refractivity contribution in [3.8, 4) is 0 Å². The summed E-state index contributed by atoms with van der Waals surface area (Å²) in [6, 6.07) is 3.68. The fraction of sp³-hybridized carbons (Fsp3) is 0.222. The predicted molar refractivity (Wildman–Crippen MR) is 61.5 cm³/mol. The summed E-state index contributed by atoms with van der Waals surface area (Å²) in [7, 11) is 0. The Labute approximate surface area is 99.6 Å². The molecule has 1 aromatic carbocycles. The monoisotopic (exact) mass is 288 g/mol. The number of rotatable bonds is 4. The number of carboxylic acid groups (broad SMARTS) is 1. The Morgan fingerprint density at radius 1 is 1.62 bits per heavy atom. The number of carboxylic acids is 1. The van der Waals surface area contributed by atoms with Gasteiger partial charge in [0.1, 0.15) is 11.7 Å². The number of halogens is 1. The molecule has 0 heterocycles. The van der Waals surface area contributed by atoms with Crippen molar-refractivity contribution < 1.29 is 14.8 Å². The normalized spacial score (nSPS) is 11.9. The highest BCUT2D eigenvalue weighted by Crippen LogP contribution is 2.32. The van der Waals surface area contributed by atoms with Crippen molar-refractivity contribution in [1.82, 2.24) is 0 Å². The van der Waals surface area contributed by atoms with Crippen LogP contribution in [0.4, 0.5) is 11.4 Å². The van der Waals surface area contributed by atoms with Crippen molar-refractivity contribution in [3.05, 3.63) is 32.8 Å². The first kappa shape index (κ1) is 12.4. The van der Waals surface area contributed by atoms with Gasteiger partial charge in [0.2, 0.25) is 0 Å². The molecule has 0 aliphatic rings. The maximum Gasteiger partial charge on any atom is 0.325 e. The van der Waals surface area contributed by atoms with Gasteiger partial charge in [0.15, 0.2) is 0 Å². The first-order chi connectivity index (χ1) is 7.43. The van der Waals surface area contributed by atoms with Crippen LogP contribution in [0.25, 0.3) is 0 Å². The van der Waals surface area contributed by atoms with Crippen molar-refractivity contribution >= 4 is 33.3 Å². The first-order valence-electron chi connectivity index (χ1n) is 4.35. The molecular weight excluding hydrogens is 280 g/mol. The molecule has 7 heteroatoms. The van der Waals surface area contributed by atoms with Gasteiger partial charge in [0, 0.05) is 0 Å².